The fourth-order valence-corrected chi connectivity index (χ4v) is 7.56. The van der Waals surface area contributed by atoms with Crippen molar-refractivity contribution in [3.8, 4) is 0 Å². The molecule has 0 aliphatic heterocycles. The first-order chi connectivity index (χ1) is 20.1. The van der Waals surface area contributed by atoms with Gasteiger partial charge in [-0.05, 0) is 131 Å². The molecule has 4 rings (SSSR count). The van der Waals surface area contributed by atoms with Gasteiger partial charge in [0, 0.05) is 12.2 Å². The second kappa shape index (κ2) is 14.8. The minimum absolute atomic E-state index is 0.0970. The molecule has 0 radical (unpaired) electrons. The van der Waals surface area contributed by atoms with Gasteiger partial charge in [-0.1, -0.05) is 30.9 Å². The van der Waals surface area contributed by atoms with E-state index in [1.54, 1.807) is 6.07 Å². The van der Waals surface area contributed by atoms with Crippen LogP contribution in [0.5, 0.6) is 0 Å². The second-order valence-corrected chi connectivity index (χ2v) is 12.5. The summed E-state index contributed by atoms with van der Waals surface area (Å²) in [4.78, 5) is 0. The Labute approximate surface area is 246 Å². The molecule has 3 aliphatic rings. The Hall–Kier alpha value is -2.44. The Morgan fingerprint density at radius 3 is 2.02 bits per heavy atom. The van der Waals surface area contributed by atoms with Gasteiger partial charge in [0.1, 0.15) is 29.9 Å². The Morgan fingerprint density at radius 1 is 0.881 bits per heavy atom. The summed E-state index contributed by atoms with van der Waals surface area (Å²) >= 11 is 0. The van der Waals surface area contributed by atoms with Crippen molar-refractivity contribution in [3.05, 3.63) is 83.4 Å². The molecule has 1 nitrogen and oxygen atoms in total. The largest absolute Gasteiger partial charge is 0.432 e. The van der Waals surface area contributed by atoms with Gasteiger partial charge in [-0.3, -0.25) is 0 Å². The van der Waals surface area contributed by atoms with Crippen LogP contribution in [0.15, 0.2) is 66.5 Å². The van der Waals surface area contributed by atoms with Crippen LogP contribution in [0.4, 0.5) is 26.3 Å². The molecule has 0 bridgehead atoms. The number of hydrogen-bond acceptors (Lipinski definition) is 1. The first kappa shape index (κ1) is 32.5. The molecule has 0 unspecified atom stereocenters. The summed E-state index contributed by atoms with van der Waals surface area (Å²) < 4.78 is 88.8. The average molecular weight is 595 g/mol. The highest BCUT2D eigenvalue weighted by Crippen LogP contribution is 2.48. The van der Waals surface area contributed by atoms with Crippen LogP contribution >= 0.6 is 0 Å². The third kappa shape index (κ3) is 8.57. The normalized spacial score (nSPS) is 30.0. The van der Waals surface area contributed by atoms with Gasteiger partial charge < -0.3 is 4.74 Å². The zero-order valence-corrected chi connectivity index (χ0v) is 24.6. The van der Waals surface area contributed by atoms with E-state index < -0.39 is 36.1 Å². The van der Waals surface area contributed by atoms with Crippen LogP contribution in [0, 0.1) is 29.5 Å². The molecule has 1 aromatic carbocycles. The van der Waals surface area contributed by atoms with Gasteiger partial charge in [-0.2, -0.15) is 8.78 Å². The number of ether oxygens (including phenoxy) is 1. The summed E-state index contributed by atoms with van der Waals surface area (Å²) in [6, 6.07) is 5.88. The van der Waals surface area contributed by atoms with Crippen molar-refractivity contribution in [1.82, 2.24) is 0 Å². The van der Waals surface area contributed by atoms with Crippen LogP contribution in [0.2, 0.25) is 0 Å². The number of rotatable bonds is 10. The predicted octanol–water partition coefficient (Wildman–Crippen LogP) is 11.6. The number of alkyl halides is 3. The smallest absolute Gasteiger partial charge is 0.400 e. The van der Waals surface area contributed by atoms with Crippen LogP contribution in [0.3, 0.4) is 0 Å². The minimum atomic E-state index is -3.65. The van der Waals surface area contributed by atoms with Gasteiger partial charge in [0.25, 0.3) is 0 Å². The zero-order chi connectivity index (χ0) is 30.3. The van der Waals surface area contributed by atoms with Crippen molar-refractivity contribution in [2.24, 2.45) is 23.7 Å². The summed E-state index contributed by atoms with van der Waals surface area (Å²) in [5.74, 6) is -2.44. The molecule has 3 saturated carbocycles. The van der Waals surface area contributed by atoms with Gasteiger partial charge in [0.15, 0.2) is 0 Å². The highest BCUT2D eigenvalue weighted by molar-refractivity contribution is 5.30. The molecule has 7 heteroatoms. The summed E-state index contributed by atoms with van der Waals surface area (Å²) in [6.45, 7) is 3.51. The molecule has 0 atom stereocenters. The van der Waals surface area contributed by atoms with Gasteiger partial charge in [-0.25, -0.2) is 17.6 Å². The van der Waals surface area contributed by atoms with E-state index in [2.05, 4.69) is 36.5 Å². The fourth-order valence-electron chi connectivity index (χ4n) is 7.56. The van der Waals surface area contributed by atoms with E-state index >= 15 is 4.39 Å². The summed E-state index contributed by atoms with van der Waals surface area (Å²) in [5.41, 5.74) is 1.92. The van der Waals surface area contributed by atoms with Gasteiger partial charge >= 0.3 is 6.11 Å². The van der Waals surface area contributed by atoms with Crippen molar-refractivity contribution in [2.75, 3.05) is 6.67 Å². The SMILES string of the molecule is C=C(F)/C=C(\C=C(\F)CF)OC(F)(F)C1CCC(C2CCC(c3ccc(C4CCC(/C=C/C)CC4)cc3F)CC2)CC1. The lowest BCUT2D eigenvalue weighted by Crippen LogP contribution is -2.36. The molecular weight excluding hydrogens is 550 g/mol. The van der Waals surface area contributed by atoms with E-state index in [0.29, 0.717) is 48.7 Å². The van der Waals surface area contributed by atoms with E-state index in [9.17, 15) is 22.0 Å². The van der Waals surface area contributed by atoms with Gasteiger partial charge in [0.05, 0.1) is 5.92 Å². The van der Waals surface area contributed by atoms with E-state index in [0.717, 1.165) is 62.5 Å². The topological polar surface area (TPSA) is 9.23 Å². The van der Waals surface area contributed by atoms with E-state index in [1.807, 2.05) is 6.07 Å². The molecule has 0 heterocycles. The molecule has 3 fully saturated rings. The van der Waals surface area contributed by atoms with Crippen molar-refractivity contribution in [1.29, 1.82) is 0 Å². The predicted molar refractivity (Wildman–Crippen MR) is 156 cm³/mol. The maximum absolute atomic E-state index is 15.3. The van der Waals surface area contributed by atoms with E-state index in [4.69, 9.17) is 0 Å². The summed E-state index contributed by atoms with van der Waals surface area (Å²) in [5, 5.41) is 0. The summed E-state index contributed by atoms with van der Waals surface area (Å²) in [7, 11) is 0. The van der Waals surface area contributed by atoms with Gasteiger partial charge in [0.2, 0.25) is 0 Å². The quantitative estimate of drug-likeness (QED) is 0.113. The third-order valence-corrected chi connectivity index (χ3v) is 9.84. The zero-order valence-electron chi connectivity index (χ0n) is 24.6. The lowest BCUT2D eigenvalue weighted by molar-refractivity contribution is -0.254. The maximum Gasteiger partial charge on any atom is 0.400 e. The molecule has 0 spiro atoms. The lowest BCUT2D eigenvalue weighted by atomic mass is 9.68. The summed E-state index contributed by atoms with van der Waals surface area (Å²) in [6.07, 6.45) is 11.6. The number of benzene rings is 1. The molecule has 42 heavy (non-hydrogen) atoms. The highest BCUT2D eigenvalue weighted by Gasteiger charge is 2.45. The first-order valence-electron chi connectivity index (χ1n) is 15.6. The molecule has 3 aliphatic carbocycles. The molecule has 1 aromatic rings. The van der Waals surface area contributed by atoms with Crippen molar-refractivity contribution >= 4 is 0 Å². The van der Waals surface area contributed by atoms with Crippen LogP contribution < -0.4 is 0 Å². The molecule has 0 amide bonds. The molecule has 232 valence electrons. The minimum Gasteiger partial charge on any atom is -0.432 e. The van der Waals surface area contributed by atoms with Crippen LogP contribution in [-0.4, -0.2) is 12.8 Å². The second-order valence-electron chi connectivity index (χ2n) is 12.5. The van der Waals surface area contributed by atoms with E-state index in [1.165, 1.54) is 0 Å². The lowest BCUT2D eigenvalue weighted by Gasteiger charge is -2.39. The Kier molecular flexibility index (Phi) is 11.5. The standard InChI is InChI=1S/C35H44F6O/c1-3-4-24-5-7-27(8-6-24)29-15-18-33(34(39)20-29)28-11-9-25(10-12-28)26-13-16-30(17-14-26)35(40,41)42-32(19-23(2)37)21-31(38)22-36/h3-4,15,18-21,24-28,30H,2,5-14,16-17,22H2,1H3/b4-3+,31-21+,32-19+. The number of hydrogen-bond donors (Lipinski definition) is 0. The monoisotopic (exact) mass is 594 g/mol. The number of allylic oxidation sites excluding steroid dienone is 6. The first-order valence-corrected chi connectivity index (χ1v) is 15.6. The Balaban J connectivity index is 1.27. The molecular formula is C35H44F6O. The van der Waals surface area contributed by atoms with Gasteiger partial charge in [-0.15, -0.1) is 0 Å². The average Bonchev–Trinajstić information content (AvgIpc) is 2.97. The maximum atomic E-state index is 15.3. The Bertz CT molecular complexity index is 1130. The van der Waals surface area contributed by atoms with Crippen LogP contribution in [0.1, 0.15) is 107 Å². The van der Waals surface area contributed by atoms with Crippen molar-refractivity contribution < 1.29 is 31.1 Å². The molecule has 0 aromatic heterocycles. The molecule has 0 N–H and O–H groups in total. The van der Waals surface area contributed by atoms with Crippen LogP contribution in [-0.2, 0) is 4.74 Å². The fraction of sp³-hybridized carbons (Fsp3) is 0.600. The highest BCUT2D eigenvalue weighted by atomic mass is 19.3. The number of halogens is 6. The van der Waals surface area contributed by atoms with Crippen molar-refractivity contribution in [2.45, 2.75) is 102 Å². The van der Waals surface area contributed by atoms with Crippen LogP contribution in [0.25, 0.3) is 0 Å². The van der Waals surface area contributed by atoms with Crippen molar-refractivity contribution in [3.63, 3.8) is 0 Å². The Morgan fingerprint density at radius 2 is 1.48 bits per heavy atom. The van der Waals surface area contributed by atoms with E-state index in [-0.39, 0.29) is 24.6 Å². The third-order valence-electron chi connectivity index (χ3n) is 9.84. The molecule has 0 saturated heterocycles.